The van der Waals surface area contributed by atoms with Crippen LogP contribution in [0.1, 0.15) is 37.7 Å². The molecule has 3 rings (SSSR count). The van der Waals surface area contributed by atoms with Crippen LogP contribution in [-0.2, 0) is 5.88 Å². The van der Waals surface area contributed by atoms with Crippen molar-refractivity contribution in [1.29, 1.82) is 0 Å². The zero-order valence-corrected chi connectivity index (χ0v) is 12.1. The number of fused-ring (bicyclic) bond motifs is 1. The number of hydrogen-bond donors (Lipinski definition) is 0. The molecule has 3 heteroatoms. The fourth-order valence-corrected chi connectivity index (χ4v) is 4.05. The van der Waals surface area contributed by atoms with Gasteiger partial charge in [0.2, 0.25) is 0 Å². The Kier molecular flexibility index (Phi) is 3.72. The topological polar surface area (TPSA) is 3.24 Å². The number of halogens is 2. The van der Waals surface area contributed by atoms with Gasteiger partial charge in [-0.05, 0) is 42.9 Å². The van der Waals surface area contributed by atoms with Crippen molar-refractivity contribution in [2.45, 2.75) is 44.0 Å². The summed E-state index contributed by atoms with van der Waals surface area (Å²) in [5, 5.41) is 0.861. The third-order valence-corrected chi connectivity index (χ3v) is 5.10. The quantitative estimate of drug-likeness (QED) is 0.702. The van der Waals surface area contributed by atoms with Crippen LogP contribution in [0.5, 0.6) is 0 Å². The van der Waals surface area contributed by atoms with E-state index in [2.05, 4.69) is 17.0 Å². The van der Waals surface area contributed by atoms with Crippen LogP contribution in [0.2, 0.25) is 5.02 Å². The van der Waals surface area contributed by atoms with E-state index in [1.807, 2.05) is 6.07 Å². The molecule has 0 N–H and O–H groups in total. The van der Waals surface area contributed by atoms with Crippen molar-refractivity contribution in [3.63, 3.8) is 0 Å². The molecular weight excluding hydrogens is 265 g/mol. The van der Waals surface area contributed by atoms with E-state index < -0.39 is 0 Å². The summed E-state index contributed by atoms with van der Waals surface area (Å²) in [6, 6.07) is 6.99. The van der Waals surface area contributed by atoms with Crippen LogP contribution in [0.15, 0.2) is 18.2 Å². The van der Waals surface area contributed by atoms with Crippen LogP contribution >= 0.6 is 23.2 Å². The fourth-order valence-electron chi connectivity index (χ4n) is 3.57. The molecular formula is C15H19Cl2N. The van der Waals surface area contributed by atoms with Crippen molar-refractivity contribution in [3.8, 4) is 0 Å². The molecule has 1 heterocycles. The predicted octanol–water partition coefficient (Wildman–Crippen LogP) is 4.85. The van der Waals surface area contributed by atoms with E-state index in [1.165, 1.54) is 37.8 Å². The number of benzene rings is 1. The summed E-state index contributed by atoms with van der Waals surface area (Å²) in [5.74, 6) is 1.43. The Morgan fingerprint density at radius 3 is 2.78 bits per heavy atom. The number of alkyl halides is 1. The van der Waals surface area contributed by atoms with E-state index in [1.54, 1.807) is 0 Å². The third kappa shape index (κ3) is 2.23. The van der Waals surface area contributed by atoms with Crippen LogP contribution in [0, 0.1) is 5.92 Å². The first-order valence-corrected chi connectivity index (χ1v) is 7.82. The Balaban J connectivity index is 1.86. The number of rotatable bonds is 2. The monoisotopic (exact) mass is 283 g/mol. The molecule has 1 nitrogen and oxygen atoms in total. The second-order valence-electron chi connectivity index (χ2n) is 5.51. The van der Waals surface area contributed by atoms with Crippen molar-refractivity contribution >= 4 is 28.9 Å². The summed E-state index contributed by atoms with van der Waals surface area (Å²) >= 11 is 12.3. The maximum Gasteiger partial charge on any atom is 0.0642 e. The maximum atomic E-state index is 6.42. The second-order valence-corrected chi connectivity index (χ2v) is 6.19. The van der Waals surface area contributed by atoms with Crippen LogP contribution in [0.3, 0.4) is 0 Å². The summed E-state index contributed by atoms with van der Waals surface area (Å²) in [7, 11) is 0. The van der Waals surface area contributed by atoms with Gasteiger partial charge in [0.1, 0.15) is 0 Å². The lowest BCUT2D eigenvalue weighted by Crippen LogP contribution is -2.34. The van der Waals surface area contributed by atoms with Gasteiger partial charge >= 0.3 is 0 Å². The predicted molar refractivity (Wildman–Crippen MR) is 78.7 cm³/mol. The van der Waals surface area contributed by atoms with E-state index in [0.29, 0.717) is 5.88 Å². The van der Waals surface area contributed by atoms with E-state index in [9.17, 15) is 0 Å². The molecule has 1 aromatic carbocycles. The Labute approximate surface area is 119 Å². The summed E-state index contributed by atoms with van der Waals surface area (Å²) in [6.07, 6.45) is 6.85. The fraction of sp³-hybridized carbons (Fsp3) is 0.600. The average molecular weight is 284 g/mol. The summed E-state index contributed by atoms with van der Waals surface area (Å²) in [5.41, 5.74) is 2.31. The third-order valence-electron chi connectivity index (χ3n) is 4.49. The first kappa shape index (κ1) is 12.6. The zero-order valence-electron chi connectivity index (χ0n) is 10.5. The second kappa shape index (κ2) is 5.30. The van der Waals surface area contributed by atoms with Gasteiger partial charge in [0, 0.05) is 18.5 Å². The molecule has 0 amide bonds. The SMILES string of the molecule is ClCc1ccc(N2CCC3CCCCC32)c(Cl)c1. The van der Waals surface area contributed by atoms with Crippen molar-refractivity contribution in [2.75, 3.05) is 11.4 Å². The molecule has 0 bridgehead atoms. The minimum Gasteiger partial charge on any atom is -0.367 e. The van der Waals surface area contributed by atoms with Crippen molar-refractivity contribution in [3.05, 3.63) is 28.8 Å². The molecule has 98 valence electrons. The van der Waals surface area contributed by atoms with E-state index >= 15 is 0 Å². The molecule has 18 heavy (non-hydrogen) atoms. The van der Waals surface area contributed by atoms with Gasteiger partial charge in [-0.3, -0.25) is 0 Å². The highest BCUT2D eigenvalue weighted by Gasteiger charge is 2.36. The molecule has 1 saturated heterocycles. The van der Waals surface area contributed by atoms with Gasteiger partial charge in [0.15, 0.2) is 0 Å². The first-order valence-electron chi connectivity index (χ1n) is 6.90. The Bertz CT molecular complexity index is 433. The largest absolute Gasteiger partial charge is 0.367 e. The number of anilines is 1. The first-order chi connectivity index (χ1) is 8.79. The Morgan fingerprint density at radius 2 is 2.00 bits per heavy atom. The lowest BCUT2D eigenvalue weighted by atomic mass is 9.85. The molecule has 2 aliphatic rings. The van der Waals surface area contributed by atoms with Gasteiger partial charge < -0.3 is 4.90 Å². The van der Waals surface area contributed by atoms with Gasteiger partial charge in [-0.15, -0.1) is 11.6 Å². The molecule has 2 fully saturated rings. The minimum atomic E-state index is 0.534. The van der Waals surface area contributed by atoms with E-state index in [0.717, 1.165) is 29.1 Å². The molecule has 0 spiro atoms. The summed E-state index contributed by atoms with van der Waals surface area (Å²) in [6.45, 7) is 1.16. The van der Waals surface area contributed by atoms with Crippen molar-refractivity contribution in [1.82, 2.24) is 0 Å². The van der Waals surface area contributed by atoms with Crippen LogP contribution in [-0.4, -0.2) is 12.6 Å². The lowest BCUT2D eigenvalue weighted by molar-refractivity contribution is 0.342. The number of nitrogens with zero attached hydrogens (tertiary/aromatic N) is 1. The van der Waals surface area contributed by atoms with E-state index in [4.69, 9.17) is 23.2 Å². The van der Waals surface area contributed by atoms with Gasteiger partial charge in [0.25, 0.3) is 0 Å². The minimum absolute atomic E-state index is 0.534. The zero-order chi connectivity index (χ0) is 12.5. The Morgan fingerprint density at radius 1 is 1.17 bits per heavy atom. The van der Waals surface area contributed by atoms with Gasteiger partial charge in [-0.25, -0.2) is 0 Å². The average Bonchev–Trinajstić information content (AvgIpc) is 2.82. The Hall–Kier alpha value is -0.400. The van der Waals surface area contributed by atoms with Crippen LogP contribution in [0.25, 0.3) is 0 Å². The van der Waals surface area contributed by atoms with Crippen LogP contribution < -0.4 is 4.90 Å². The lowest BCUT2D eigenvalue weighted by Gasteiger charge is -2.33. The molecule has 0 aromatic heterocycles. The molecule has 0 radical (unpaired) electrons. The van der Waals surface area contributed by atoms with Crippen molar-refractivity contribution < 1.29 is 0 Å². The van der Waals surface area contributed by atoms with Crippen molar-refractivity contribution in [2.24, 2.45) is 5.92 Å². The molecule has 1 aromatic rings. The van der Waals surface area contributed by atoms with Gasteiger partial charge in [-0.1, -0.05) is 30.5 Å². The molecule has 2 atom stereocenters. The standard InChI is InChI=1S/C15H19Cl2N/c16-10-11-5-6-15(13(17)9-11)18-8-7-12-3-1-2-4-14(12)18/h5-6,9,12,14H,1-4,7-8,10H2. The van der Waals surface area contributed by atoms with Crippen LogP contribution in [0.4, 0.5) is 5.69 Å². The number of hydrogen-bond acceptors (Lipinski definition) is 1. The highest BCUT2D eigenvalue weighted by atomic mass is 35.5. The molecule has 1 saturated carbocycles. The highest BCUT2D eigenvalue weighted by molar-refractivity contribution is 6.33. The van der Waals surface area contributed by atoms with Gasteiger partial charge in [0.05, 0.1) is 10.7 Å². The normalized spacial score (nSPS) is 27.3. The maximum absolute atomic E-state index is 6.42. The van der Waals surface area contributed by atoms with Gasteiger partial charge in [-0.2, -0.15) is 0 Å². The molecule has 1 aliphatic heterocycles. The smallest absolute Gasteiger partial charge is 0.0642 e. The van der Waals surface area contributed by atoms with E-state index in [-0.39, 0.29) is 0 Å². The molecule has 2 unspecified atom stereocenters. The highest BCUT2D eigenvalue weighted by Crippen LogP contribution is 2.41. The summed E-state index contributed by atoms with van der Waals surface area (Å²) < 4.78 is 0. The summed E-state index contributed by atoms with van der Waals surface area (Å²) in [4.78, 5) is 2.53. The molecule has 1 aliphatic carbocycles.